The van der Waals surface area contributed by atoms with Crippen LogP contribution in [0, 0.1) is 53.3 Å². The first kappa shape index (κ1) is 117. The standard InChI is InChI=1S/2C18H32N2O2.3C17H30N2O2.C16H28N2O2/c1-8-11-18(7,12-9-2)17(5,6)19-16(21)15-13(4)14(10-3)22-20-15;1-8-12-18(10-3,11-4)17(6,7)19-16(21)15-13(5)14(9-2)22-20-15;1-8-10-11-16(4,5)17(6,7)18-15(20)14-12(3)13(9-2)21-19-14;1-7-10-17(6,11-8-2)16(4,5)18-15(20)14-12-13(9-3)21-19-14;1-7-11-17(9-3,10-4)16(5,6)18-15(20)14-12-13(8-2)21-19-14;1-7-9-10-15(3,4)16(5,6)17-14(19)13-11-12(8-2)20-18-13/h2*8-12H2,1-7H3,(H,19,21);8-11H2,1-7H3,(H,18,20);2*12H,7-11H2,1-6H3,(H,18,20);11H,7-10H2,1-6H3,(H,17,19). The Kier molecular flexibility index (Phi) is 48.1. The summed E-state index contributed by atoms with van der Waals surface area (Å²) in [5.74, 6) is 3.69. The minimum absolute atomic E-state index is 0.0178. The van der Waals surface area contributed by atoms with Crippen molar-refractivity contribution in [1.82, 2.24) is 62.8 Å². The van der Waals surface area contributed by atoms with Crippen molar-refractivity contribution in [2.24, 2.45) is 32.5 Å². The summed E-state index contributed by atoms with van der Waals surface area (Å²) in [6.45, 7) is 82.6. The smallest absolute Gasteiger partial charge is 0.274 e. The highest BCUT2D eigenvalue weighted by Crippen LogP contribution is 2.46. The molecule has 726 valence electrons. The normalized spacial score (nSPS) is 12.5. The SMILES string of the molecule is CCCC(C)(CCC)C(C)(C)NC(=O)c1cc(CC)on1.CCCC(C)(CCC)C(C)(C)NC(=O)c1noc(CC)c1C.CCCC(CC)(CC)C(C)(C)NC(=O)c1cc(CC)on1.CCCC(CC)(CC)C(C)(C)NC(=O)c1noc(CC)c1C.CCCCC(C)(C)C(C)(C)NC(=O)c1cc(CC)on1.CCCCC(C)(C)C(C)(C)NC(=O)c1noc(CC)c1C. The highest BCUT2D eigenvalue weighted by atomic mass is 16.5. The molecule has 6 heterocycles. The van der Waals surface area contributed by atoms with Crippen molar-refractivity contribution >= 4 is 35.4 Å². The van der Waals surface area contributed by atoms with E-state index in [1.165, 1.54) is 0 Å². The summed E-state index contributed by atoms with van der Waals surface area (Å²) < 4.78 is 31.1. The molecule has 0 unspecified atom stereocenters. The summed E-state index contributed by atoms with van der Waals surface area (Å²) in [4.78, 5) is 74.9. The van der Waals surface area contributed by atoms with Crippen molar-refractivity contribution in [2.75, 3.05) is 0 Å². The van der Waals surface area contributed by atoms with Crippen molar-refractivity contribution in [3.63, 3.8) is 0 Å². The lowest BCUT2D eigenvalue weighted by molar-refractivity contribution is 0.0625. The highest BCUT2D eigenvalue weighted by Gasteiger charge is 2.47. The molecule has 127 heavy (non-hydrogen) atoms. The summed E-state index contributed by atoms with van der Waals surface area (Å²) in [7, 11) is 0. The fourth-order valence-corrected chi connectivity index (χ4v) is 17.6. The quantitative estimate of drug-likeness (QED) is 0.0207. The molecule has 0 bridgehead atoms. The van der Waals surface area contributed by atoms with E-state index >= 15 is 0 Å². The van der Waals surface area contributed by atoms with Crippen LogP contribution in [0.1, 0.15) is 505 Å². The lowest BCUT2D eigenvalue weighted by Crippen LogP contribution is -2.56. The van der Waals surface area contributed by atoms with Crippen LogP contribution in [0.4, 0.5) is 0 Å². The van der Waals surface area contributed by atoms with Gasteiger partial charge in [0.25, 0.3) is 35.4 Å². The van der Waals surface area contributed by atoms with Crippen LogP contribution >= 0.6 is 0 Å². The molecule has 0 radical (unpaired) electrons. The van der Waals surface area contributed by atoms with Gasteiger partial charge in [0.2, 0.25) is 0 Å². The fourth-order valence-electron chi connectivity index (χ4n) is 17.6. The van der Waals surface area contributed by atoms with Crippen LogP contribution in [0.3, 0.4) is 0 Å². The van der Waals surface area contributed by atoms with E-state index in [0.29, 0.717) is 34.2 Å². The van der Waals surface area contributed by atoms with E-state index in [4.69, 9.17) is 27.1 Å². The number of hydrogen-bond donors (Lipinski definition) is 6. The molecule has 6 aromatic heterocycles. The Morgan fingerprint density at radius 1 is 0.260 bits per heavy atom. The van der Waals surface area contributed by atoms with Crippen LogP contribution in [-0.2, 0) is 38.5 Å². The Morgan fingerprint density at radius 2 is 0.480 bits per heavy atom. The predicted octanol–water partition coefficient (Wildman–Crippen LogP) is 26.3. The van der Waals surface area contributed by atoms with Gasteiger partial charge in [0, 0.05) is 107 Å². The first-order valence-corrected chi connectivity index (χ1v) is 48.7. The van der Waals surface area contributed by atoms with Crippen LogP contribution in [0.2, 0.25) is 0 Å². The Bertz CT molecular complexity index is 4220. The predicted molar refractivity (Wildman–Crippen MR) is 517 cm³/mol. The summed E-state index contributed by atoms with van der Waals surface area (Å²) in [6, 6.07) is 5.16. The minimum Gasteiger partial charge on any atom is -0.361 e. The molecule has 6 rings (SSSR count). The van der Waals surface area contributed by atoms with Gasteiger partial charge >= 0.3 is 0 Å². The average molecular weight is 1780 g/mol. The van der Waals surface area contributed by atoms with Crippen molar-refractivity contribution in [3.8, 4) is 0 Å². The minimum atomic E-state index is -0.309. The first-order chi connectivity index (χ1) is 59.0. The molecule has 0 saturated carbocycles. The third-order valence-electron chi connectivity index (χ3n) is 29.4. The van der Waals surface area contributed by atoms with Crippen molar-refractivity contribution < 1.29 is 55.9 Å². The molecule has 0 aromatic carbocycles. The maximum atomic E-state index is 12.7. The molecule has 24 nitrogen and oxygen atoms in total. The Balaban J connectivity index is 0.000000762. The number of carbonyl (C=O) groups excluding carboxylic acids is 6. The van der Waals surface area contributed by atoms with Gasteiger partial charge < -0.3 is 59.0 Å². The van der Waals surface area contributed by atoms with Gasteiger partial charge in [-0.3, -0.25) is 28.8 Å². The van der Waals surface area contributed by atoms with Crippen LogP contribution in [0.25, 0.3) is 0 Å². The van der Waals surface area contributed by atoms with E-state index in [0.717, 1.165) is 231 Å². The lowest BCUT2D eigenvalue weighted by Gasteiger charge is -2.46. The van der Waals surface area contributed by atoms with Crippen LogP contribution in [0.5, 0.6) is 0 Å². The van der Waals surface area contributed by atoms with Crippen molar-refractivity contribution in [1.29, 1.82) is 0 Å². The molecule has 24 heteroatoms. The molecule has 6 aromatic rings. The summed E-state index contributed by atoms with van der Waals surface area (Å²) in [5, 5.41) is 42.4. The number of carbonyl (C=O) groups is 6. The first-order valence-electron chi connectivity index (χ1n) is 48.7. The molecule has 0 fully saturated rings. The van der Waals surface area contributed by atoms with E-state index < -0.39 is 0 Å². The van der Waals surface area contributed by atoms with Gasteiger partial charge in [-0.25, -0.2) is 0 Å². The third kappa shape index (κ3) is 31.7. The molecule has 0 aliphatic rings. The number of nitrogens with one attached hydrogen (secondary N) is 6. The summed E-state index contributed by atoms with van der Waals surface area (Å²) in [6.07, 6.45) is 28.7. The molecular formula is C103H182N12O12. The number of amides is 6. The molecule has 0 saturated heterocycles. The van der Waals surface area contributed by atoms with Gasteiger partial charge in [0.1, 0.15) is 34.6 Å². The zero-order chi connectivity index (χ0) is 97.8. The van der Waals surface area contributed by atoms with Crippen LogP contribution in [-0.4, -0.2) is 99.6 Å². The molecule has 0 spiro atoms. The average Bonchev–Trinajstić information content (AvgIpc) is 1.64. The van der Waals surface area contributed by atoms with Gasteiger partial charge in [0.05, 0.1) is 0 Å². The van der Waals surface area contributed by atoms with Crippen molar-refractivity contribution in [3.05, 3.63) is 104 Å². The Morgan fingerprint density at radius 3 is 0.685 bits per heavy atom. The molecule has 0 atom stereocenters. The van der Waals surface area contributed by atoms with E-state index in [-0.39, 0.29) is 101 Å². The highest BCUT2D eigenvalue weighted by molar-refractivity contribution is 5.96. The monoisotopic (exact) mass is 1780 g/mol. The number of nitrogens with zero attached hydrogens (tertiary/aromatic N) is 6. The summed E-state index contributed by atoms with van der Waals surface area (Å²) >= 11 is 0. The Labute approximate surface area is 769 Å². The second-order valence-corrected chi connectivity index (χ2v) is 40.4. The number of aryl methyl sites for hydroxylation is 6. The van der Waals surface area contributed by atoms with Gasteiger partial charge in [-0.2, -0.15) is 0 Å². The third-order valence-corrected chi connectivity index (χ3v) is 29.4. The van der Waals surface area contributed by atoms with E-state index in [1.807, 2.05) is 62.3 Å². The second kappa shape index (κ2) is 52.2. The molecule has 0 aliphatic carbocycles. The van der Waals surface area contributed by atoms with Crippen LogP contribution in [0.15, 0.2) is 45.3 Å². The van der Waals surface area contributed by atoms with E-state index in [1.54, 1.807) is 18.2 Å². The largest absolute Gasteiger partial charge is 0.361 e. The number of aromatic nitrogens is 6. The number of rotatable bonds is 46. The molecule has 6 amide bonds. The second-order valence-electron chi connectivity index (χ2n) is 40.4. The van der Waals surface area contributed by atoms with Gasteiger partial charge in [-0.15, -0.1) is 0 Å². The van der Waals surface area contributed by atoms with Gasteiger partial charge in [0.15, 0.2) is 34.2 Å². The summed E-state index contributed by atoms with van der Waals surface area (Å²) in [5.41, 5.74) is 3.51. The van der Waals surface area contributed by atoms with E-state index in [2.05, 4.69) is 271 Å². The van der Waals surface area contributed by atoms with Crippen LogP contribution < -0.4 is 31.9 Å². The Hall–Kier alpha value is -7.92. The lowest BCUT2D eigenvalue weighted by atomic mass is 9.65. The fraction of sp³-hybridized carbons (Fsp3) is 0.767. The topological polar surface area (TPSA) is 331 Å². The molecule has 0 aliphatic heterocycles. The molecular weight excluding hydrogens is 1600 g/mol. The zero-order valence-electron chi connectivity index (χ0n) is 87.6. The van der Waals surface area contributed by atoms with E-state index in [9.17, 15) is 28.8 Å². The van der Waals surface area contributed by atoms with Gasteiger partial charge in [-0.1, -0.05) is 261 Å². The number of hydrogen-bond acceptors (Lipinski definition) is 18. The molecule has 6 N–H and O–H groups in total. The zero-order valence-corrected chi connectivity index (χ0v) is 87.6. The maximum Gasteiger partial charge on any atom is 0.274 e. The number of unbranched alkanes of at least 4 members (excludes halogenated alkanes) is 2. The van der Waals surface area contributed by atoms with Crippen molar-refractivity contribution in [2.45, 2.75) is 483 Å². The van der Waals surface area contributed by atoms with Gasteiger partial charge in [-0.05, 0) is 213 Å². The maximum absolute atomic E-state index is 12.7.